The van der Waals surface area contributed by atoms with Gasteiger partial charge in [0.15, 0.2) is 0 Å². The Balaban J connectivity index is 1.05. The van der Waals surface area contributed by atoms with Gasteiger partial charge in [-0.15, -0.1) is 0 Å². The second kappa shape index (κ2) is 12.1. The molecule has 0 saturated carbocycles. The molecule has 1 unspecified atom stereocenters. The number of nitrogens with one attached hydrogen (secondary N) is 2. The van der Waals surface area contributed by atoms with Crippen LogP contribution in [0.4, 0.5) is 9.59 Å². The highest BCUT2D eigenvalue weighted by atomic mass is 16.6. The molecule has 1 aromatic heterocycles. The minimum Gasteiger partial charge on any atom is -0.444 e. The number of rotatable bonds is 4. The predicted octanol–water partition coefficient (Wildman–Crippen LogP) is 7.90. The van der Waals surface area contributed by atoms with Crippen molar-refractivity contribution in [1.82, 2.24) is 25.1 Å². The van der Waals surface area contributed by atoms with E-state index in [4.69, 9.17) is 19.5 Å². The Morgan fingerprint density at radius 2 is 1.38 bits per heavy atom. The molecular formula is C38H46N6O4. The van der Waals surface area contributed by atoms with Gasteiger partial charge in [0.2, 0.25) is 0 Å². The molecule has 4 aromatic rings. The fourth-order valence-corrected chi connectivity index (χ4v) is 7.06. The lowest BCUT2D eigenvalue weighted by Gasteiger charge is -2.29. The van der Waals surface area contributed by atoms with Crippen LogP contribution in [0.15, 0.2) is 59.6 Å². The van der Waals surface area contributed by atoms with Crippen molar-refractivity contribution >= 4 is 39.8 Å². The predicted molar refractivity (Wildman–Crippen MR) is 188 cm³/mol. The van der Waals surface area contributed by atoms with Crippen molar-refractivity contribution in [2.24, 2.45) is 4.99 Å². The van der Waals surface area contributed by atoms with Gasteiger partial charge in [-0.05, 0) is 119 Å². The number of amidine groups is 1. The summed E-state index contributed by atoms with van der Waals surface area (Å²) < 4.78 is 11.3. The number of H-pyrrole nitrogens is 1. The van der Waals surface area contributed by atoms with E-state index in [1.807, 2.05) is 52.5 Å². The summed E-state index contributed by atoms with van der Waals surface area (Å²) in [4.78, 5) is 42.5. The molecule has 3 aliphatic heterocycles. The third kappa shape index (κ3) is 6.57. The smallest absolute Gasteiger partial charge is 0.410 e. The molecule has 48 heavy (non-hydrogen) atoms. The number of carbonyl (C=O) groups is 2. The van der Waals surface area contributed by atoms with E-state index in [1.54, 1.807) is 4.90 Å². The number of amides is 2. The molecule has 3 aliphatic rings. The summed E-state index contributed by atoms with van der Waals surface area (Å²) in [6, 6.07) is 19.3. The first kappa shape index (κ1) is 32.0. The van der Waals surface area contributed by atoms with Gasteiger partial charge in [0.25, 0.3) is 0 Å². The molecule has 2 amide bonds. The Morgan fingerprint density at radius 1 is 0.771 bits per heavy atom. The first-order valence-electron chi connectivity index (χ1n) is 17.2. The highest BCUT2D eigenvalue weighted by Crippen LogP contribution is 2.35. The second-order valence-corrected chi connectivity index (χ2v) is 15.3. The summed E-state index contributed by atoms with van der Waals surface area (Å²) in [7, 11) is 0. The van der Waals surface area contributed by atoms with Crippen LogP contribution in [0.2, 0.25) is 0 Å². The molecular weight excluding hydrogens is 604 g/mol. The Bertz CT molecular complexity index is 1900. The van der Waals surface area contributed by atoms with E-state index >= 15 is 0 Å². The van der Waals surface area contributed by atoms with Crippen molar-refractivity contribution in [3.05, 3.63) is 66.0 Å². The van der Waals surface area contributed by atoms with Gasteiger partial charge in [-0.3, -0.25) is 14.8 Å². The normalized spacial score (nSPS) is 21.5. The molecule has 10 heteroatoms. The molecule has 7 rings (SSSR count). The number of aromatic nitrogens is 2. The largest absolute Gasteiger partial charge is 0.444 e. The number of fused-ring (bicyclic) bond motifs is 2. The fraction of sp³-hybridized carbons (Fsp3) is 0.474. The third-order valence-electron chi connectivity index (χ3n) is 9.26. The van der Waals surface area contributed by atoms with Crippen LogP contribution in [-0.4, -0.2) is 74.7 Å². The van der Waals surface area contributed by atoms with Crippen molar-refractivity contribution in [3.63, 3.8) is 0 Å². The number of hydrogen-bond acceptors (Lipinski definition) is 7. The number of aromatic amines is 1. The standard InChI is InChI=1S/C38H46N6O4/c1-37(2,3)47-35(45)43-17-7-9-31(43)33-39-22-30(42-33)27-14-13-23-19-24(11-12-25(23)20-27)26-15-16-28-29(21-26)41-34(40-28)32-10-8-18-44(32)36(46)48-38(4,5)6/h11-16,19-21,30-32H,7-10,17-18,22H2,1-6H3,(H,39,42)(H,40,41)/t30?,31-,32-/m0/s1. The van der Waals surface area contributed by atoms with Gasteiger partial charge in [-0.2, -0.15) is 0 Å². The van der Waals surface area contributed by atoms with Gasteiger partial charge in [0.05, 0.1) is 35.7 Å². The summed E-state index contributed by atoms with van der Waals surface area (Å²) in [6.07, 6.45) is 3.03. The van der Waals surface area contributed by atoms with Gasteiger partial charge in [0, 0.05) is 13.1 Å². The maximum atomic E-state index is 12.9. The van der Waals surface area contributed by atoms with Crippen LogP contribution < -0.4 is 5.32 Å². The molecule has 2 saturated heterocycles. The zero-order chi connectivity index (χ0) is 33.8. The van der Waals surface area contributed by atoms with Gasteiger partial charge in [0.1, 0.15) is 22.9 Å². The Labute approximate surface area is 281 Å². The lowest BCUT2D eigenvalue weighted by molar-refractivity contribution is 0.0216. The number of hydrogen-bond donors (Lipinski definition) is 2. The molecule has 2 fully saturated rings. The van der Waals surface area contributed by atoms with Crippen LogP contribution in [0, 0.1) is 0 Å². The van der Waals surface area contributed by atoms with Gasteiger partial charge >= 0.3 is 12.2 Å². The maximum absolute atomic E-state index is 12.9. The third-order valence-corrected chi connectivity index (χ3v) is 9.26. The lowest BCUT2D eigenvalue weighted by Crippen LogP contribution is -2.46. The number of imidazole rings is 1. The SMILES string of the molecule is CC(C)(C)OC(=O)N1CCC[C@H]1C1=NCC(c2ccc3cc(-c4ccc5nc([C@@H]6CCCN6C(=O)OC(C)(C)C)[nH]c5c4)ccc3c2)N1. The van der Waals surface area contributed by atoms with E-state index < -0.39 is 11.2 Å². The molecule has 0 aliphatic carbocycles. The van der Waals surface area contributed by atoms with E-state index in [2.05, 4.69) is 58.8 Å². The Kier molecular flexibility index (Phi) is 8.08. The summed E-state index contributed by atoms with van der Waals surface area (Å²) in [5, 5.41) is 5.94. The number of benzene rings is 3. The molecule has 0 bridgehead atoms. The minimum absolute atomic E-state index is 0.0632. The zero-order valence-electron chi connectivity index (χ0n) is 28.8. The Morgan fingerprint density at radius 3 is 2.08 bits per heavy atom. The average Bonchev–Trinajstić information content (AvgIpc) is 3.84. The molecule has 0 spiro atoms. The highest BCUT2D eigenvalue weighted by molar-refractivity contribution is 5.93. The van der Waals surface area contributed by atoms with Crippen LogP contribution >= 0.6 is 0 Å². The van der Waals surface area contributed by atoms with Crippen molar-refractivity contribution in [2.45, 2.75) is 96.6 Å². The van der Waals surface area contributed by atoms with Crippen molar-refractivity contribution in [3.8, 4) is 11.1 Å². The molecule has 3 atom stereocenters. The van der Waals surface area contributed by atoms with Crippen LogP contribution in [-0.2, 0) is 9.47 Å². The number of carbonyl (C=O) groups excluding carboxylic acids is 2. The molecule has 2 N–H and O–H groups in total. The average molecular weight is 651 g/mol. The van der Waals surface area contributed by atoms with Gasteiger partial charge < -0.3 is 19.8 Å². The van der Waals surface area contributed by atoms with E-state index in [9.17, 15) is 9.59 Å². The summed E-state index contributed by atoms with van der Waals surface area (Å²) >= 11 is 0. The lowest BCUT2D eigenvalue weighted by atomic mass is 9.98. The summed E-state index contributed by atoms with van der Waals surface area (Å²) in [5.41, 5.74) is 4.16. The van der Waals surface area contributed by atoms with E-state index in [-0.39, 0.29) is 30.3 Å². The number of likely N-dealkylation sites (tertiary alicyclic amines) is 2. The number of nitrogens with zero attached hydrogens (tertiary/aromatic N) is 4. The molecule has 0 radical (unpaired) electrons. The van der Waals surface area contributed by atoms with Gasteiger partial charge in [-0.1, -0.05) is 30.3 Å². The van der Waals surface area contributed by atoms with Gasteiger partial charge in [-0.25, -0.2) is 14.6 Å². The van der Waals surface area contributed by atoms with Crippen LogP contribution in [0.5, 0.6) is 0 Å². The first-order valence-corrected chi connectivity index (χ1v) is 17.2. The van der Waals surface area contributed by atoms with Crippen LogP contribution in [0.25, 0.3) is 32.9 Å². The van der Waals surface area contributed by atoms with Crippen molar-refractivity contribution in [2.75, 3.05) is 19.6 Å². The maximum Gasteiger partial charge on any atom is 0.410 e. The minimum atomic E-state index is -0.540. The van der Waals surface area contributed by atoms with Crippen LogP contribution in [0.3, 0.4) is 0 Å². The summed E-state index contributed by atoms with van der Waals surface area (Å²) in [5.74, 6) is 1.68. The highest BCUT2D eigenvalue weighted by Gasteiger charge is 2.38. The quantitative estimate of drug-likeness (QED) is 0.232. The number of ether oxygens (including phenoxy) is 2. The van der Waals surface area contributed by atoms with Crippen molar-refractivity contribution in [1.29, 1.82) is 0 Å². The summed E-state index contributed by atoms with van der Waals surface area (Å²) in [6.45, 7) is 13.4. The number of aliphatic imine (C=N–C) groups is 1. The van der Waals surface area contributed by atoms with E-state index in [0.717, 1.165) is 70.3 Å². The van der Waals surface area contributed by atoms with E-state index in [1.165, 1.54) is 5.56 Å². The molecule has 4 heterocycles. The fourth-order valence-electron chi connectivity index (χ4n) is 7.06. The van der Waals surface area contributed by atoms with Crippen molar-refractivity contribution < 1.29 is 19.1 Å². The molecule has 252 valence electrons. The molecule has 10 nitrogen and oxygen atoms in total. The Hall–Kier alpha value is -4.60. The monoisotopic (exact) mass is 650 g/mol. The van der Waals surface area contributed by atoms with E-state index in [0.29, 0.717) is 19.6 Å². The topological polar surface area (TPSA) is 112 Å². The second-order valence-electron chi connectivity index (χ2n) is 15.3. The molecule has 3 aromatic carbocycles. The first-order chi connectivity index (χ1) is 22.8. The van der Waals surface area contributed by atoms with Crippen LogP contribution in [0.1, 0.15) is 90.7 Å². The zero-order valence-corrected chi connectivity index (χ0v) is 28.8.